The SMILES string of the molecule is C=S(=O)(c1ccn(C)n1)N(CC(F)F)[C@H]1CCC2=Cc3c(cnn3-c3ccc(F)cc3)C[C@]2(C(=O)c2cc(F)ccn2)C1. The fourth-order valence-corrected chi connectivity index (χ4v) is 8.01. The van der Waals surface area contributed by atoms with Crippen LogP contribution in [0.5, 0.6) is 0 Å². The number of carbonyl (C=O) groups is 1. The number of allylic oxidation sites excluding steroid dienone is 1. The van der Waals surface area contributed by atoms with Crippen molar-refractivity contribution < 1.29 is 26.6 Å². The molecule has 4 aromatic rings. The van der Waals surface area contributed by atoms with Crippen LogP contribution in [0.1, 0.15) is 41.0 Å². The Balaban J connectivity index is 1.45. The summed E-state index contributed by atoms with van der Waals surface area (Å²) in [6.07, 6.45) is 4.16. The van der Waals surface area contributed by atoms with E-state index in [-0.39, 0.29) is 23.6 Å². The number of halogens is 4. The second-order valence-corrected chi connectivity index (χ2v) is 13.1. The number of aryl methyl sites for hydroxylation is 1. The number of carbonyl (C=O) groups excluding carboxylic acids is 1. The Bertz CT molecular complexity index is 1830. The summed E-state index contributed by atoms with van der Waals surface area (Å²) >= 11 is 0. The first-order valence-electron chi connectivity index (χ1n) is 13.6. The fraction of sp³-hybridized carbons (Fsp3) is 0.300. The summed E-state index contributed by atoms with van der Waals surface area (Å²) < 4.78 is 74.2. The average molecular weight is 613 g/mol. The van der Waals surface area contributed by atoms with Crippen LogP contribution in [-0.4, -0.2) is 63.7 Å². The number of nitrogens with zero attached hydrogens (tertiary/aromatic N) is 6. The molecule has 0 saturated heterocycles. The lowest BCUT2D eigenvalue weighted by Gasteiger charge is -2.47. The molecule has 224 valence electrons. The highest BCUT2D eigenvalue weighted by atomic mass is 32.2. The van der Waals surface area contributed by atoms with E-state index in [9.17, 15) is 26.6 Å². The van der Waals surface area contributed by atoms with Crippen molar-refractivity contribution in [3.05, 3.63) is 95.2 Å². The lowest BCUT2D eigenvalue weighted by Crippen LogP contribution is -2.51. The van der Waals surface area contributed by atoms with Gasteiger partial charge in [0.05, 0.1) is 39.2 Å². The van der Waals surface area contributed by atoms with E-state index >= 15 is 0 Å². The first-order valence-corrected chi connectivity index (χ1v) is 15.3. The average Bonchev–Trinajstić information content (AvgIpc) is 3.60. The second kappa shape index (κ2) is 10.9. The summed E-state index contributed by atoms with van der Waals surface area (Å²) in [6.45, 7) is -0.834. The molecular formula is C30H28F4N6O2S. The first kappa shape index (κ1) is 29.0. The summed E-state index contributed by atoms with van der Waals surface area (Å²) in [5, 5.41) is 8.75. The first-order chi connectivity index (χ1) is 20.5. The van der Waals surface area contributed by atoms with Gasteiger partial charge < -0.3 is 0 Å². The number of ketones is 1. The second-order valence-electron chi connectivity index (χ2n) is 10.9. The summed E-state index contributed by atoms with van der Waals surface area (Å²) in [6, 6.07) is 8.76. The molecule has 43 heavy (non-hydrogen) atoms. The minimum absolute atomic E-state index is 0.0170. The number of aromatic nitrogens is 5. The molecule has 2 aliphatic rings. The van der Waals surface area contributed by atoms with E-state index in [2.05, 4.69) is 21.1 Å². The summed E-state index contributed by atoms with van der Waals surface area (Å²) in [5.41, 5.74) is 1.33. The van der Waals surface area contributed by atoms with Crippen LogP contribution in [0.25, 0.3) is 11.8 Å². The van der Waals surface area contributed by atoms with Gasteiger partial charge in [0.15, 0.2) is 10.8 Å². The highest BCUT2D eigenvalue weighted by Gasteiger charge is 2.51. The molecule has 0 N–H and O–H groups in total. The van der Waals surface area contributed by atoms with Gasteiger partial charge in [0.25, 0.3) is 6.43 Å². The number of hydrogen-bond donors (Lipinski definition) is 0. The Morgan fingerprint density at radius 3 is 2.63 bits per heavy atom. The minimum atomic E-state index is -3.46. The normalized spacial score (nSPS) is 21.3. The smallest absolute Gasteiger partial charge is 0.252 e. The molecule has 0 amide bonds. The van der Waals surface area contributed by atoms with Crippen molar-refractivity contribution in [3.63, 3.8) is 0 Å². The zero-order valence-electron chi connectivity index (χ0n) is 23.2. The Morgan fingerprint density at radius 1 is 1.19 bits per heavy atom. The van der Waals surface area contributed by atoms with Gasteiger partial charge in [0.1, 0.15) is 17.3 Å². The van der Waals surface area contributed by atoms with Crippen molar-refractivity contribution in [2.24, 2.45) is 12.5 Å². The minimum Gasteiger partial charge on any atom is -0.291 e. The quantitative estimate of drug-likeness (QED) is 0.161. The molecular weight excluding hydrogens is 584 g/mol. The van der Waals surface area contributed by atoms with Crippen molar-refractivity contribution >= 4 is 27.4 Å². The number of pyridine rings is 1. The molecule has 0 aliphatic heterocycles. The van der Waals surface area contributed by atoms with Crippen molar-refractivity contribution in [2.45, 2.75) is 43.2 Å². The van der Waals surface area contributed by atoms with Crippen LogP contribution in [0.15, 0.2) is 71.7 Å². The van der Waals surface area contributed by atoms with Crippen LogP contribution < -0.4 is 0 Å². The molecule has 3 heterocycles. The number of alkyl halides is 2. The summed E-state index contributed by atoms with van der Waals surface area (Å²) in [7, 11) is -1.84. The van der Waals surface area contributed by atoms with Gasteiger partial charge in [-0.25, -0.2) is 30.8 Å². The van der Waals surface area contributed by atoms with Gasteiger partial charge in [-0.2, -0.15) is 10.2 Å². The molecule has 2 aliphatic carbocycles. The molecule has 1 aromatic carbocycles. The van der Waals surface area contributed by atoms with Gasteiger partial charge in [-0.15, -0.1) is 0 Å². The highest BCUT2D eigenvalue weighted by Crippen LogP contribution is 2.51. The largest absolute Gasteiger partial charge is 0.291 e. The van der Waals surface area contributed by atoms with E-state index in [1.807, 2.05) is 6.08 Å². The lowest BCUT2D eigenvalue weighted by atomic mass is 9.60. The third kappa shape index (κ3) is 5.20. The molecule has 3 aromatic heterocycles. The predicted octanol–water partition coefficient (Wildman–Crippen LogP) is 4.90. The van der Waals surface area contributed by atoms with E-state index in [0.717, 1.165) is 12.1 Å². The van der Waals surface area contributed by atoms with E-state index in [4.69, 9.17) is 0 Å². The number of rotatable bonds is 8. The Morgan fingerprint density at radius 2 is 1.95 bits per heavy atom. The Labute approximate surface area is 245 Å². The Hall–Kier alpha value is -4.10. The van der Waals surface area contributed by atoms with Crippen molar-refractivity contribution in [1.82, 2.24) is 28.9 Å². The van der Waals surface area contributed by atoms with Gasteiger partial charge in [0.2, 0.25) is 0 Å². The molecule has 3 atom stereocenters. The maximum absolute atomic E-state index is 14.3. The highest BCUT2D eigenvalue weighted by molar-refractivity contribution is 7.98. The van der Waals surface area contributed by atoms with Gasteiger partial charge in [-0.3, -0.25) is 14.5 Å². The van der Waals surface area contributed by atoms with E-state index in [0.29, 0.717) is 35.4 Å². The van der Waals surface area contributed by atoms with E-state index in [1.165, 1.54) is 33.4 Å². The lowest BCUT2D eigenvalue weighted by molar-refractivity contribution is 0.0666. The maximum atomic E-state index is 14.3. The van der Waals surface area contributed by atoms with E-state index in [1.54, 1.807) is 36.3 Å². The third-order valence-corrected chi connectivity index (χ3v) is 10.3. The molecule has 0 radical (unpaired) electrons. The molecule has 6 rings (SSSR count). The van der Waals surface area contributed by atoms with Crippen LogP contribution in [0, 0.1) is 17.0 Å². The fourth-order valence-electron chi connectivity index (χ4n) is 6.22. The van der Waals surface area contributed by atoms with Gasteiger partial charge in [-0.05, 0) is 79.6 Å². The number of hydrogen-bond acceptors (Lipinski definition) is 5. The monoisotopic (exact) mass is 612 g/mol. The molecule has 1 saturated carbocycles. The number of fused-ring (bicyclic) bond motifs is 2. The van der Waals surface area contributed by atoms with Gasteiger partial charge in [0, 0.05) is 31.5 Å². The summed E-state index contributed by atoms with van der Waals surface area (Å²) in [4.78, 5) is 18.5. The maximum Gasteiger partial charge on any atom is 0.252 e. The molecule has 0 spiro atoms. The molecule has 13 heteroatoms. The van der Waals surface area contributed by atoms with Crippen molar-refractivity contribution in [3.8, 4) is 5.69 Å². The predicted molar refractivity (Wildman–Crippen MR) is 153 cm³/mol. The molecule has 0 bridgehead atoms. The van der Waals surface area contributed by atoms with Crippen molar-refractivity contribution in [2.75, 3.05) is 6.54 Å². The molecule has 1 unspecified atom stereocenters. The summed E-state index contributed by atoms with van der Waals surface area (Å²) in [5.74, 6) is 2.35. The van der Waals surface area contributed by atoms with Crippen LogP contribution in [0.2, 0.25) is 0 Å². The zero-order chi connectivity index (χ0) is 30.5. The van der Waals surface area contributed by atoms with Crippen LogP contribution in [0.3, 0.4) is 0 Å². The van der Waals surface area contributed by atoms with Crippen LogP contribution >= 0.6 is 0 Å². The Kier molecular flexibility index (Phi) is 7.33. The topological polar surface area (TPSA) is 85.9 Å². The van der Waals surface area contributed by atoms with E-state index < -0.39 is 51.6 Å². The zero-order valence-corrected chi connectivity index (χ0v) is 24.0. The van der Waals surface area contributed by atoms with Crippen LogP contribution in [-0.2, 0) is 23.2 Å². The van der Waals surface area contributed by atoms with Crippen LogP contribution in [0.4, 0.5) is 17.6 Å². The molecule has 1 fully saturated rings. The van der Waals surface area contributed by atoms with Gasteiger partial charge >= 0.3 is 0 Å². The number of benzene rings is 1. The van der Waals surface area contributed by atoms with Gasteiger partial charge in [-0.1, -0.05) is 5.57 Å². The van der Waals surface area contributed by atoms with Crippen molar-refractivity contribution in [1.29, 1.82) is 0 Å². The number of Topliss-reactive ketones (excluding diaryl/α,β-unsaturated/α-hetero) is 1. The third-order valence-electron chi connectivity index (χ3n) is 8.22. The molecule has 8 nitrogen and oxygen atoms in total. The standard InChI is InChI=1S/C30H28F4N6O2S/c1-38-12-10-28(37-38)43(2,42)39(18-27(33)34)24-6-3-20-13-26-19(17-36-40(26)23-7-4-21(31)5-8-23)15-30(20,16-24)29(41)25-14-22(32)9-11-35-25/h4-5,7-14,17,24,27H,2-3,6,15-16,18H2,1H3/t24-,30-,43?/m0/s1.